The molecule has 1 N–H and O–H groups in total. The summed E-state index contributed by atoms with van der Waals surface area (Å²) in [4.78, 5) is 27.9. The molecule has 0 radical (unpaired) electrons. The van der Waals surface area contributed by atoms with Crippen molar-refractivity contribution < 1.29 is 23.8 Å². The van der Waals surface area contributed by atoms with E-state index < -0.39 is 23.5 Å². The Morgan fingerprint density at radius 2 is 1.91 bits per heavy atom. The number of nitrogens with zero attached hydrogens (tertiary/aromatic N) is 1. The van der Waals surface area contributed by atoms with E-state index in [0.717, 1.165) is 24.8 Å². The summed E-state index contributed by atoms with van der Waals surface area (Å²) < 4.78 is 11.4. The van der Waals surface area contributed by atoms with E-state index >= 15 is 0 Å². The zero-order chi connectivity index (χ0) is 24.6. The second-order valence-corrected chi connectivity index (χ2v) is 8.41. The largest absolute Gasteiger partial charge is 0.503 e. The van der Waals surface area contributed by atoms with Gasteiger partial charge in [0.25, 0.3) is 5.91 Å². The maximum absolute atomic E-state index is 13.3. The van der Waals surface area contributed by atoms with Crippen LogP contribution in [0, 0.1) is 0 Å². The third-order valence-corrected chi connectivity index (χ3v) is 5.89. The summed E-state index contributed by atoms with van der Waals surface area (Å²) in [6.45, 7) is 2.83. The number of carbonyl (C=O) groups excluding carboxylic acids is 2. The number of unbranched alkanes of at least 4 members (excludes halogenated alkanes) is 2. The Balaban J connectivity index is 1.66. The molecule has 1 atom stereocenters. The Hall–Kier alpha value is -4.06. The second-order valence-electron chi connectivity index (χ2n) is 8.41. The van der Waals surface area contributed by atoms with E-state index in [1.807, 2.05) is 54.6 Å². The van der Waals surface area contributed by atoms with E-state index in [9.17, 15) is 14.7 Å². The van der Waals surface area contributed by atoms with Gasteiger partial charge in [0.15, 0.2) is 11.5 Å². The predicted molar refractivity (Wildman–Crippen MR) is 134 cm³/mol. The van der Waals surface area contributed by atoms with E-state index in [1.54, 1.807) is 18.2 Å². The van der Waals surface area contributed by atoms with Crippen LogP contribution in [0.1, 0.15) is 49.1 Å². The van der Waals surface area contributed by atoms with Crippen molar-refractivity contribution in [3.05, 3.63) is 107 Å². The van der Waals surface area contributed by atoms with Crippen LogP contribution in [-0.4, -0.2) is 28.3 Å². The van der Waals surface area contributed by atoms with E-state index in [1.165, 1.54) is 17.2 Å². The van der Waals surface area contributed by atoms with Crippen molar-refractivity contribution >= 4 is 17.8 Å². The summed E-state index contributed by atoms with van der Waals surface area (Å²) in [5.74, 6) is -0.379. The maximum atomic E-state index is 13.3. The highest BCUT2D eigenvalue weighted by molar-refractivity contribution is 6.14. The number of hydrogen-bond acceptors (Lipinski definition) is 5. The molecule has 0 bridgehead atoms. The number of furan rings is 1. The summed E-state index contributed by atoms with van der Waals surface area (Å²) in [5, 5.41) is 10.8. The lowest BCUT2D eigenvalue weighted by Crippen LogP contribution is -2.30. The Morgan fingerprint density at radius 1 is 1.09 bits per heavy atom. The maximum Gasteiger partial charge on any atom is 0.290 e. The van der Waals surface area contributed by atoms with Crippen molar-refractivity contribution in [2.45, 2.75) is 38.8 Å². The average Bonchev–Trinajstić information content (AvgIpc) is 3.48. The highest BCUT2D eigenvalue weighted by atomic mass is 16.5. The number of ketones is 1. The molecule has 2 heterocycles. The fraction of sp³-hybridized carbons (Fsp3) is 0.241. The van der Waals surface area contributed by atoms with Crippen molar-refractivity contribution in [3.8, 4) is 5.75 Å². The van der Waals surface area contributed by atoms with Crippen molar-refractivity contribution in [3.63, 3.8) is 0 Å². The smallest absolute Gasteiger partial charge is 0.290 e. The van der Waals surface area contributed by atoms with E-state index in [4.69, 9.17) is 9.15 Å². The number of aliphatic hydroxyl groups is 1. The lowest BCUT2D eigenvalue weighted by Gasteiger charge is -2.26. The molecule has 6 nitrogen and oxygen atoms in total. The predicted octanol–water partition coefficient (Wildman–Crippen LogP) is 6.03. The molecule has 1 aliphatic rings. The summed E-state index contributed by atoms with van der Waals surface area (Å²) in [6.07, 6.45) is 7.72. The van der Waals surface area contributed by atoms with E-state index in [-0.39, 0.29) is 12.1 Å². The number of rotatable bonds is 11. The molecule has 6 heteroatoms. The van der Waals surface area contributed by atoms with Crippen LogP contribution in [0.2, 0.25) is 0 Å². The Bertz CT molecular complexity index is 1210. The van der Waals surface area contributed by atoms with Gasteiger partial charge in [0.1, 0.15) is 11.5 Å². The molecule has 0 fully saturated rings. The highest BCUT2D eigenvalue weighted by Crippen LogP contribution is 2.40. The molecular weight excluding hydrogens is 442 g/mol. The molecule has 0 saturated heterocycles. The van der Waals surface area contributed by atoms with Crippen LogP contribution in [0.3, 0.4) is 0 Å². The van der Waals surface area contributed by atoms with Crippen LogP contribution < -0.4 is 4.74 Å². The molecule has 2 aromatic carbocycles. The number of ether oxygens (including phenoxy) is 1. The standard InChI is InChI=1S/C29H29NO5/c1-2-3-7-17-34-23-13-8-12-22(19-23)27-26(25(31)16-15-21-10-5-4-6-11-21)28(32)29(33)30(27)20-24-14-9-18-35-24/h4-6,8-16,18-19,27,32H,2-3,7,17,20H2,1H3/b16-15+. The Labute approximate surface area is 205 Å². The SMILES string of the molecule is CCCCCOc1cccc(C2C(C(=O)/C=C/c3ccccc3)=C(O)C(=O)N2Cc2ccco2)c1. The number of amides is 1. The fourth-order valence-electron chi connectivity index (χ4n) is 4.13. The first kappa shape index (κ1) is 24.1. The summed E-state index contributed by atoms with van der Waals surface area (Å²) in [6, 6.07) is 19.4. The number of aliphatic hydroxyl groups excluding tert-OH is 1. The zero-order valence-corrected chi connectivity index (χ0v) is 19.7. The number of carbonyl (C=O) groups is 2. The Kier molecular flexibility index (Phi) is 7.83. The highest BCUT2D eigenvalue weighted by Gasteiger charge is 2.43. The molecule has 1 unspecified atom stereocenters. The number of hydrogen-bond donors (Lipinski definition) is 1. The first-order valence-corrected chi connectivity index (χ1v) is 11.8. The van der Waals surface area contributed by atoms with E-state index in [2.05, 4.69) is 6.92 Å². The monoisotopic (exact) mass is 471 g/mol. The molecule has 4 rings (SSSR count). The van der Waals surface area contributed by atoms with Gasteiger partial charge in [-0.2, -0.15) is 0 Å². The number of allylic oxidation sites excluding steroid dienone is 1. The summed E-state index contributed by atoms with van der Waals surface area (Å²) in [7, 11) is 0. The molecule has 3 aromatic rings. The molecular formula is C29H29NO5. The molecule has 1 aliphatic heterocycles. The molecule has 35 heavy (non-hydrogen) atoms. The first-order valence-electron chi connectivity index (χ1n) is 11.8. The van der Waals surface area contributed by atoms with Crippen molar-refractivity contribution in [2.75, 3.05) is 6.61 Å². The van der Waals surface area contributed by atoms with Gasteiger partial charge in [-0.1, -0.05) is 68.3 Å². The minimum Gasteiger partial charge on any atom is -0.503 e. The van der Waals surface area contributed by atoms with Crippen LogP contribution in [0.4, 0.5) is 0 Å². The van der Waals surface area contributed by atoms with Gasteiger partial charge in [-0.3, -0.25) is 9.59 Å². The Morgan fingerprint density at radius 3 is 2.66 bits per heavy atom. The van der Waals surface area contributed by atoms with Crippen LogP contribution in [0.25, 0.3) is 6.08 Å². The lowest BCUT2D eigenvalue weighted by molar-refractivity contribution is -0.130. The zero-order valence-electron chi connectivity index (χ0n) is 19.7. The fourth-order valence-corrected chi connectivity index (χ4v) is 4.13. The summed E-state index contributed by atoms with van der Waals surface area (Å²) in [5.41, 5.74) is 1.56. The van der Waals surface area contributed by atoms with Gasteiger partial charge in [0.05, 0.1) is 31.0 Å². The topological polar surface area (TPSA) is 80.0 Å². The van der Waals surface area contributed by atoms with Crippen LogP contribution in [0.15, 0.2) is 94.8 Å². The summed E-state index contributed by atoms with van der Waals surface area (Å²) >= 11 is 0. The van der Waals surface area contributed by atoms with Gasteiger partial charge < -0.3 is 19.2 Å². The second kappa shape index (κ2) is 11.4. The van der Waals surface area contributed by atoms with Gasteiger partial charge in [-0.25, -0.2) is 0 Å². The third-order valence-electron chi connectivity index (χ3n) is 5.89. The molecule has 1 aromatic heterocycles. The van der Waals surface area contributed by atoms with Gasteiger partial charge in [0, 0.05) is 0 Å². The molecule has 0 spiro atoms. The first-order chi connectivity index (χ1) is 17.1. The minimum atomic E-state index is -0.778. The van der Waals surface area contributed by atoms with Gasteiger partial charge in [-0.15, -0.1) is 0 Å². The van der Waals surface area contributed by atoms with Gasteiger partial charge in [0.2, 0.25) is 0 Å². The molecule has 0 saturated carbocycles. The molecule has 180 valence electrons. The lowest BCUT2D eigenvalue weighted by atomic mass is 9.95. The van der Waals surface area contributed by atoms with Crippen molar-refractivity contribution in [1.29, 1.82) is 0 Å². The van der Waals surface area contributed by atoms with Gasteiger partial charge in [-0.05, 0) is 47.9 Å². The van der Waals surface area contributed by atoms with Crippen molar-refractivity contribution in [1.82, 2.24) is 4.90 Å². The molecule has 0 aliphatic carbocycles. The van der Waals surface area contributed by atoms with Crippen LogP contribution in [-0.2, 0) is 16.1 Å². The van der Waals surface area contributed by atoms with Crippen molar-refractivity contribution in [2.24, 2.45) is 0 Å². The molecule has 1 amide bonds. The van der Waals surface area contributed by atoms with Crippen LogP contribution >= 0.6 is 0 Å². The minimum absolute atomic E-state index is 0.0388. The number of benzene rings is 2. The third kappa shape index (κ3) is 5.72. The quantitative estimate of drug-likeness (QED) is 0.273. The average molecular weight is 472 g/mol. The van der Waals surface area contributed by atoms with E-state index in [0.29, 0.717) is 23.7 Å². The van der Waals surface area contributed by atoms with Crippen LogP contribution in [0.5, 0.6) is 5.75 Å². The van der Waals surface area contributed by atoms with Gasteiger partial charge >= 0.3 is 0 Å². The normalized spacial score (nSPS) is 15.9.